The van der Waals surface area contributed by atoms with Crippen LogP contribution in [0, 0.1) is 0 Å². The molecule has 4 atom stereocenters. The van der Waals surface area contributed by atoms with Crippen LogP contribution in [0.15, 0.2) is 54.6 Å². The van der Waals surface area contributed by atoms with Crippen LogP contribution in [0.25, 0.3) is 0 Å². The van der Waals surface area contributed by atoms with Crippen molar-refractivity contribution in [2.75, 3.05) is 0 Å². The van der Waals surface area contributed by atoms with Crippen LogP contribution in [0.1, 0.15) is 75.5 Å². The minimum Gasteiger partial charge on any atom is -0.294 e. The predicted octanol–water partition coefficient (Wildman–Crippen LogP) is 7.25. The second-order valence-electron chi connectivity index (χ2n) is 9.14. The molecule has 3 heteroatoms. The maximum Gasteiger partial charge on any atom is 0.132 e. The highest BCUT2D eigenvalue weighted by Gasteiger charge is 2.31. The van der Waals surface area contributed by atoms with Crippen LogP contribution in [0.2, 0.25) is 0 Å². The smallest absolute Gasteiger partial charge is 0.132 e. The molecule has 0 spiro atoms. The van der Waals surface area contributed by atoms with Gasteiger partial charge in [-0.1, -0.05) is 61.5 Å². The first-order valence-corrected chi connectivity index (χ1v) is 11.6. The van der Waals surface area contributed by atoms with Crippen molar-refractivity contribution >= 4 is 0 Å². The van der Waals surface area contributed by atoms with Crippen molar-refractivity contribution in [1.29, 1.82) is 0 Å². The van der Waals surface area contributed by atoms with Gasteiger partial charge in [0.1, 0.15) is 12.3 Å². The van der Waals surface area contributed by atoms with Crippen LogP contribution in [0.3, 0.4) is 0 Å². The Balaban J connectivity index is 1.58. The summed E-state index contributed by atoms with van der Waals surface area (Å²) in [7, 11) is 0. The van der Waals surface area contributed by atoms with Gasteiger partial charge in [-0.2, -0.15) is 0 Å². The lowest BCUT2D eigenvalue weighted by Gasteiger charge is -2.35. The number of nitrogens with zero attached hydrogens (tertiary/aromatic N) is 1. The fourth-order valence-corrected chi connectivity index (χ4v) is 4.80. The molecular weight excluding hydrogens is 376 g/mol. The number of rotatable bonds is 9. The van der Waals surface area contributed by atoms with E-state index in [1.165, 1.54) is 11.1 Å². The van der Waals surface area contributed by atoms with Gasteiger partial charge in [0.15, 0.2) is 0 Å². The third-order valence-electron chi connectivity index (χ3n) is 6.72. The molecule has 30 heavy (non-hydrogen) atoms. The fourth-order valence-electron chi connectivity index (χ4n) is 4.80. The Kier molecular flexibility index (Phi) is 8.44. The normalized spacial score (nSPS) is 23.1. The van der Waals surface area contributed by atoms with E-state index in [4.69, 9.17) is 0 Å². The molecule has 0 heterocycles. The topological polar surface area (TPSA) is 3.24 Å². The van der Waals surface area contributed by atoms with Crippen LogP contribution in [0.5, 0.6) is 0 Å². The predicted molar refractivity (Wildman–Crippen MR) is 122 cm³/mol. The van der Waals surface area contributed by atoms with Gasteiger partial charge in [-0.25, -0.2) is 8.78 Å². The molecule has 4 unspecified atom stereocenters. The number of alkyl halides is 2. The first-order valence-electron chi connectivity index (χ1n) is 11.6. The second-order valence-corrected chi connectivity index (χ2v) is 9.14. The molecule has 0 N–H and O–H groups in total. The van der Waals surface area contributed by atoms with Crippen molar-refractivity contribution < 1.29 is 8.78 Å². The summed E-state index contributed by atoms with van der Waals surface area (Å²) in [6.07, 6.45) is 2.14. The lowest BCUT2D eigenvalue weighted by Crippen LogP contribution is -2.39. The minimum absolute atomic E-state index is 0.159. The van der Waals surface area contributed by atoms with Crippen molar-refractivity contribution in [2.24, 2.45) is 0 Å². The maximum atomic E-state index is 13.8. The van der Waals surface area contributed by atoms with E-state index >= 15 is 0 Å². The molecule has 2 aromatic carbocycles. The summed E-state index contributed by atoms with van der Waals surface area (Å²) in [6.45, 7) is 7.83. The SMILES string of the molecule is CCC(CCc1ccc(C2CCC(F)C(F)C2)cc1)N(Cc1ccccc1)C(C)C. The zero-order valence-electron chi connectivity index (χ0n) is 18.7. The van der Waals surface area contributed by atoms with Crippen LogP contribution < -0.4 is 0 Å². The first kappa shape index (κ1) is 22.9. The third kappa shape index (κ3) is 6.14. The van der Waals surface area contributed by atoms with E-state index in [0.29, 0.717) is 24.9 Å². The molecular formula is C27H37F2N. The van der Waals surface area contributed by atoms with Gasteiger partial charge >= 0.3 is 0 Å². The van der Waals surface area contributed by atoms with Crippen LogP contribution >= 0.6 is 0 Å². The van der Waals surface area contributed by atoms with Gasteiger partial charge in [0, 0.05) is 18.6 Å². The molecule has 2 aromatic rings. The lowest BCUT2D eigenvalue weighted by atomic mass is 9.82. The van der Waals surface area contributed by atoms with Gasteiger partial charge < -0.3 is 0 Å². The molecule has 3 rings (SSSR count). The average Bonchev–Trinajstić information content (AvgIpc) is 2.76. The fraction of sp³-hybridized carbons (Fsp3) is 0.556. The van der Waals surface area contributed by atoms with Crippen molar-refractivity contribution in [2.45, 2.75) is 96.2 Å². The largest absolute Gasteiger partial charge is 0.294 e. The Labute approximate surface area is 181 Å². The Morgan fingerprint density at radius 1 is 0.900 bits per heavy atom. The number of benzene rings is 2. The van der Waals surface area contributed by atoms with Crippen molar-refractivity contribution in [3.8, 4) is 0 Å². The Morgan fingerprint density at radius 3 is 2.20 bits per heavy atom. The Bertz CT molecular complexity index is 743. The van der Waals surface area contributed by atoms with Gasteiger partial charge in [-0.3, -0.25) is 4.90 Å². The summed E-state index contributed by atoms with van der Waals surface area (Å²) in [5, 5.41) is 0. The Hall–Kier alpha value is -1.74. The van der Waals surface area contributed by atoms with Gasteiger partial charge in [0.2, 0.25) is 0 Å². The molecule has 1 saturated carbocycles. The van der Waals surface area contributed by atoms with Gasteiger partial charge in [-0.05, 0) is 75.0 Å². The molecule has 0 radical (unpaired) electrons. The number of hydrogen-bond acceptors (Lipinski definition) is 1. The van der Waals surface area contributed by atoms with Gasteiger partial charge in [-0.15, -0.1) is 0 Å². The molecule has 0 bridgehead atoms. The van der Waals surface area contributed by atoms with E-state index in [2.05, 4.69) is 80.3 Å². The van der Waals surface area contributed by atoms with E-state index < -0.39 is 12.3 Å². The molecule has 1 aliphatic rings. The Morgan fingerprint density at radius 2 is 1.60 bits per heavy atom. The molecule has 0 saturated heterocycles. The van der Waals surface area contributed by atoms with Crippen molar-refractivity contribution in [3.63, 3.8) is 0 Å². The minimum atomic E-state index is -1.31. The molecule has 1 aliphatic carbocycles. The highest BCUT2D eigenvalue weighted by atomic mass is 19.2. The van der Waals surface area contributed by atoms with E-state index in [1.807, 2.05) is 0 Å². The molecule has 1 fully saturated rings. The first-order chi connectivity index (χ1) is 14.5. The van der Waals surface area contributed by atoms with E-state index in [9.17, 15) is 8.78 Å². The lowest BCUT2D eigenvalue weighted by molar-refractivity contribution is 0.108. The summed E-state index contributed by atoms with van der Waals surface area (Å²) >= 11 is 0. The monoisotopic (exact) mass is 413 g/mol. The second kappa shape index (κ2) is 11.0. The molecule has 1 nitrogen and oxygen atoms in total. The maximum absolute atomic E-state index is 13.8. The summed E-state index contributed by atoms with van der Waals surface area (Å²) in [5.74, 6) is 0.159. The zero-order valence-corrected chi connectivity index (χ0v) is 18.7. The summed E-state index contributed by atoms with van der Waals surface area (Å²) < 4.78 is 27.2. The quantitative estimate of drug-likeness (QED) is 0.418. The number of hydrogen-bond donors (Lipinski definition) is 0. The van der Waals surface area contributed by atoms with Crippen molar-refractivity contribution in [3.05, 3.63) is 71.3 Å². The molecule has 0 aliphatic heterocycles. The summed E-state index contributed by atoms with van der Waals surface area (Å²) in [6, 6.07) is 20.4. The van der Waals surface area contributed by atoms with Gasteiger partial charge in [0.25, 0.3) is 0 Å². The van der Waals surface area contributed by atoms with E-state index in [-0.39, 0.29) is 5.92 Å². The van der Waals surface area contributed by atoms with Crippen molar-refractivity contribution in [1.82, 2.24) is 4.90 Å². The summed E-state index contributed by atoms with van der Waals surface area (Å²) in [5.41, 5.74) is 3.85. The highest BCUT2D eigenvalue weighted by Crippen LogP contribution is 2.36. The average molecular weight is 414 g/mol. The highest BCUT2D eigenvalue weighted by molar-refractivity contribution is 5.26. The van der Waals surface area contributed by atoms with Crippen LogP contribution in [0.4, 0.5) is 8.78 Å². The van der Waals surface area contributed by atoms with Gasteiger partial charge in [0.05, 0.1) is 0 Å². The van der Waals surface area contributed by atoms with E-state index in [0.717, 1.165) is 37.8 Å². The molecule has 164 valence electrons. The summed E-state index contributed by atoms with van der Waals surface area (Å²) in [4.78, 5) is 2.61. The number of aryl methyl sites for hydroxylation is 1. The number of halogens is 2. The molecule has 0 aromatic heterocycles. The van der Waals surface area contributed by atoms with Crippen LogP contribution in [-0.4, -0.2) is 29.3 Å². The standard InChI is InChI=1S/C27H37F2N/c1-4-25(30(20(2)3)19-22-8-6-5-7-9-22)16-12-21-10-13-23(14-11-21)24-15-17-26(28)27(29)18-24/h5-11,13-14,20,24-27H,4,12,15-19H2,1-3H3. The van der Waals surface area contributed by atoms with E-state index in [1.54, 1.807) is 0 Å². The third-order valence-corrected chi connectivity index (χ3v) is 6.72. The van der Waals surface area contributed by atoms with Crippen LogP contribution in [-0.2, 0) is 13.0 Å². The zero-order chi connectivity index (χ0) is 21.5. The molecule has 0 amide bonds.